The van der Waals surface area contributed by atoms with Gasteiger partial charge in [0, 0.05) is 37.8 Å². The smallest absolute Gasteiger partial charge is 0.462 e. The van der Waals surface area contributed by atoms with Crippen LogP contribution in [0.2, 0.25) is 0 Å². The van der Waals surface area contributed by atoms with Crippen molar-refractivity contribution >= 4 is 43.1 Å². The first-order valence-electron chi connectivity index (χ1n) is 26.0. The van der Waals surface area contributed by atoms with Crippen molar-refractivity contribution in [2.45, 2.75) is 186 Å². The summed E-state index contributed by atoms with van der Waals surface area (Å²) in [7, 11) is 1.28. The molecule has 20 heteroatoms. The third kappa shape index (κ3) is 33.0. The van der Waals surface area contributed by atoms with Gasteiger partial charge in [-0.3, -0.25) is 48.5 Å². The van der Waals surface area contributed by atoms with E-state index in [4.69, 9.17) is 28.0 Å². The molecule has 0 amide bonds. The molecule has 0 bridgehead atoms. The van der Waals surface area contributed by atoms with Crippen LogP contribution in [0.4, 0.5) is 11.4 Å². The monoisotopic (exact) mass is 1040 g/mol. The lowest BCUT2D eigenvalue weighted by atomic mass is 10.0. The quantitative estimate of drug-likeness (QED) is 0.0123. The highest BCUT2D eigenvalue weighted by atomic mass is 31.2. The van der Waals surface area contributed by atoms with Gasteiger partial charge >= 0.3 is 31.7 Å². The Hall–Kier alpha value is -4.81. The second kappa shape index (κ2) is 37.9. The number of unbranched alkanes of at least 4 members (excludes halogenated alkanes) is 20. The third-order valence-electron chi connectivity index (χ3n) is 11.8. The number of carbonyl (C=O) groups excluding carboxylic acids is 4. The average molecular weight is 1040 g/mol. The molecule has 0 aromatic heterocycles. The number of quaternary nitrogens is 1. The van der Waals surface area contributed by atoms with E-state index in [1.54, 1.807) is 36.4 Å². The van der Waals surface area contributed by atoms with Crippen molar-refractivity contribution in [1.29, 1.82) is 0 Å². The van der Waals surface area contributed by atoms with E-state index < -0.39 is 42.3 Å². The Morgan fingerprint density at radius 3 is 1.21 bits per heavy atom. The number of carbonyl (C=O) groups is 4. The molecule has 0 heterocycles. The van der Waals surface area contributed by atoms with Gasteiger partial charge in [0.15, 0.2) is 6.10 Å². The Morgan fingerprint density at radius 1 is 0.514 bits per heavy atom. The van der Waals surface area contributed by atoms with Crippen molar-refractivity contribution in [3.63, 3.8) is 0 Å². The molecule has 1 N–H and O–H groups in total. The van der Waals surface area contributed by atoms with Crippen LogP contribution in [0.3, 0.4) is 0 Å². The van der Waals surface area contributed by atoms with E-state index in [9.17, 15) is 48.9 Å². The van der Waals surface area contributed by atoms with Crippen molar-refractivity contribution in [1.82, 2.24) is 0 Å². The maximum absolute atomic E-state index is 12.8. The number of nitro benzene ring substituents is 2. The molecule has 0 saturated carbocycles. The van der Waals surface area contributed by atoms with Gasteiger partial charge in [0.1, 0.15) is 33.0 Å². The van der Waals surface area contributed by atoms with Crippen molar-refractivity contribution in [2.24, 2.45) is 0 Å². The summed E-state index contributed by atoms with van der Waals surface area (Å²) in [5.74, 6) is -1.68. The number of rotatable bonds is 44. The SMILES string of the molecule is C[N+](C)(C)CCOP(=O)(O)OC[C@@H](COC(=O)CCCCCCCCCCCCCC(=O)OCc1ccccc1[N+](=O)[O-])OC(=O)CCCCCCCCCCCCCC(=O)OCc1ccccc1[N+](=O)[O-]. The molecule has 0 aliphatic rings. The number of hydrogen-bond donors (Lipinski definition) is 1. The van der Waals surface area contributed by atoms with Gasteiger partial charge in [-0.05, 0) is 37.8 Å². The molecule has 2 atom stereocenters. The van der Waals surface area contributed by atoms with Crippen LogP contribution in [-0.2, 0) is 65.0 Å². The Balaban J connectivity index is 1.54. The number of nitrogens with zero attached hydrogens (tertiary/aromatic N) is 3. The van der Waals surface area contributed by atoms with Gasteiger partial charge in [0.25, 0.3) is 11.4 Å². The van der Waals surface area contributed by atoms with E-state index in [0.717, 1.165) is 116 Å². The van der Waals surface area contributed by atoms with E-state index in [1.807, 2.05) is 21.1 Å². The van der Waals surface area contributed by atoms with Gasteiger partial charge in [-0.25, -0.2) is 4.57 Å². The molecule has 0 radical (unpaired) electrons. The maximum Gasteiger partial charge on any atom is 0.472 e. The summed E-state index contributed by atoms with van der Waals surface area (Å²) in [5.41, 5.74) is 0.628. The van der Waals surface area contributed by atoms with Crippen molar-refractivity contribution in [3.8, 4) is 0 Å². The Bertz CT molecular complexity index is 1940. The van der Waals surface area contributed by atoms with E-state index >= 15 is 0 Å². The van der Waals surface area contributed by atoms with Gasteiger partial charge in [-0.2, -0.15) is 0 Å². The molecule has 0 fully saturated rings. The van der Waals surface area contributed by atoms with Gasteiger partial charge in [-0.1, -0.05) is 140 Å². The zero-order valence-corrected chi connectivity index (χ0v) is 44.1. The van der Waals surface area contributed by atoms with E-state index in [0.29, 0.717) is 47.8 Å². The Kier molecular flexibility index (Phi) is 33.3. The Morgan fingerprint density at radius 2 is 0.847 bits per heavy atom. The normalized spacial score (nSPS) is 12.7. The fourth-order valence-electron chi connectivity index (χ4n) is 7.61. The van der Waals surface area contributed by atoms with Crippen LogP contribution >= 0.6 is 7.82 Å². The fraction of sp³-hybridized carbons (Fsp3) is 0.692. The Labute approximate surface area is 426 Å². The number of phosphoric acid groups is 1. The third-order valence-corrected chi connectivity index (χ3v) is 12.8. The van der Waals surface area contributed by atoms with Crippen molar-refractivity contribution in [2.75, 3.05) is 47.5 Å². The molecule has 0 saturated heterocycles. The highest BCUT2D eigenvalue weighted by Crippen LogP contribution is 2.43. The molecular weight excluding hydrogens is 954 g/mol. The number of esters is 4. The second-order valence-electron chi connectivity index (χ2n) is 19.3. The number of nitro groups is 2. The molecule has 0 aliphatic heterocycles. The van der Waals surface area contributed by atoms with E-state index in [-0.39, 0.29) is 75.4 Å². The summed E-state index contributed by atoms with van der Waals surface area (Å²) in [4.78, 5) is 81.1. The number of likely N-dealkylation sites (N-methyl/N-ethyl adjacent to an activating group) is 1. The largest absolute Gasteiger partial charge is 0.472 e. The standard InChI is InChI=1S/C52H82N3O16P/c1-55(2,3)38-39-69-72(64,65)70-43-46(71-52(59)37-25-21-17-13-9-5-8-11-15-19-23-35-50(57)67-41-45-31-27-29-33-48(45)54(62)63)42-68-51(58)36-24-20-16-12-7-4-6-10-14-18-22-34-49(56)66-40-44-30-26-28-32-47(44)53(60)61/h26-33,46H,4-25,34-43H2,1-3H3/p+1/t46-/m1/s1. The summed E-state index contributed by atoms with van der Waals surface area (Å²) < 4.78 is 44.8. The van der Waals surface area contributed by atoms with E-state index in [2.05, 4.69) is 0 Å². The van der Waals surface area contributed by atoms with Gasteiger partial charge in [-0.15, -0.1) is 0 Å². The van der Waals surface area contributed by atoms with Gasteiger partial charge in [0.2, 0.25) is 0 Å². The molecule has 72 heavy (non-hydrogen) atoms. The minimum Gasteiger partial charge on any atom is -0.462 e. The van der Waals surface area contributed by atoms with Crippen LogP contribution < -0.4 is 0 Å². The molecule has 1 unspecified atom stereocenters. The predicted molar refractivity (Wildman–Crippen MR) is 271 cm³/mol. The highest BCUT2D eigenvalue weighted by molar-refractivity contribution is 7.47. The lowest BCUT2D eigenvalue weighted by Gasteiger charge is -2.24. The zero-order valence-electron chi connectivity index (χ0n) is 43.2. The fourth-order valence-corrected chi connectivity index (χ4v) is 8.35. The molecular formula is C52H83N3O16P+. The summed E-state index contributed by atoms with van der Waals surface area (Å²) in [5, 5.41) is 22.3. The number of hydrogen-bond acceptors (Lipinski definition) is 15. The summed E-state index contributed by atoms with van der Waals surface area (Å²) in [6, 6.07) is 12.4. The molecule has 2 rings (SSSR count). The van der Waals surface area contributed by atoms with Crippen LogP contribution in [-0.4, -0.2) is 96.7 Å². The number of para-hydroxylation sites is 2. The lowest BCUT2D eigenvalue weighted by molar-refractivity contribution is -0.870. The first-order chi connectivity index (χ1) is 34.5. The van der Waals surface area contributed by atoms with Crippen LogP contribution in [0, 0.1) is 20.2 Å². The van der Waals surface area contributed by atoms with Gasteiger partial charge < -0.3 is 28.3 Å². The van der Waals surface area contributed by atoms with Crippen LogP contribution in [0.15, 0.2) is 48.5 Å². The van der Waals surface area contributed by atoms with Crippen molar-refractivity contribution in [3.05, 3.63) is 79.9 Å². The topological polar surface area (TPSA) is 247 Å². The van der Waals surface area contributed by atoms with Gasteiger partial charge in [0.05, 0.1) is 48.7 Å². The first-order valence-corrected chi connectivity index (χ1v) is 27.5. The summed E-state index contributed by atoms with van der Waals surface area (Å²) in [6.07, 6.45) is 20.8. The molecule has 2 aromatic carbocycles. The van der Waals surface area contributed by atoms with Crippen LogP contribution in [0.1, 0.15) is 178 Å². The summed E-state index contributed by atoms with van der Waals surface area (Å²) in [6.45, 7) is -0.580. The van der Waals surface area contributed by atoms with E-state index in [1.165, 1.54) is 12.1 Å². The molecule has 0 aliphatic carbocycles. The predicted octanol–water partition coefficient (Wildman–Crippen LogP) is 11.7. The average Bonchev–Trinajstić information content (AvgIpc) is 3.33. The first kappa shape index (κ1) is 63.3. The molecule has 19 nitrogen and oxygen atoms in total. The minimum atomic E-state index is -4.46. The number of benzene rings is 2. The second-order valence-corrected chi connectivity index (χ2v) is 20.7. The minimum absolute atomic E-state index is 0.0242. The zero-order chi connectivity index (χ0) is 52.9. The molecule has 406 valence electrons. The highest BCUT2D eigenvalue weighted by Gasteiger charge is 2.27. The number of phosphoric ester groups is 1. The van der Waals surface area contributed by atoms with Crippen LogP contribution in [0.25, 0.3) is 0 Å². The lowest BCUT2D eigenvalue weighted by Crippen LogP contribution is -2.37. The van der Waals surface area contributed by atoms with Crippen molar-refractivity contribution < 1.29 is 71.0 Å². The summed E-state index contributed by atoms with van der Waals surface area (Å²) >= 11 is 0. The maximum atomic E-state index is 12.8. The molecule has 0 spiro atoms. The number of ether oxygens (including phenoxy) is 4. The molecule has 2 aromatic rings. The van der Waals surface area contributed by atoms with Crippen LogP contribution in [0.5, 0.6) is 0 Å².